The minimum Gasteiger partial charge on any atom is -0.379 e. The number of H-pyrrole nitrogens is 2. The number of nitrogens with zero attached hydrogens (tertiary/aromatic N) is 3. The van der Waals surface area contributed by atoms with Crippen LogP contribution in [0, 0.1) is 5.41 Å². The average molecular weight is 422 g/mol. The number of anilines is 1. The molecule has 1 fully saturated rings. The number of ether oxygens (including phenoxy) is 1. The normalized spacial score (nSPS) is 18.8. The van der Waals surface area contributed by atoms with Crippen molar-refractivity contribution in [2.45, 2.75) is 33.1 Å². The van der Waals surface area contributed by atoms with Crippen molar-refractivity contribution < 1.29 is 9.53 Å². The summed E-state index contributed by atoms with van der Waals surface area (Å²) in [5.41, 5.74) is 6.90. The number of hydrogen-bond donors (Lipinski definition) is 2. The summed E-state index contributed by atoms with van der Waals surface area (Å²) >= 11 is 0. The van der Waals surface area contributed by atoms with Crippen LogP contribution in [0.25, 0.3) is 22.3 Å². The molecule has 0 atom stereocenters. The molecule has 3 heterocycles. The van der Waals surface area contributed by atoms with Gasteiger partial charge < -0.3 is 14.6 Å². The van der Waals surface area contributed by atoms with Gasteiger partial charge in [-0.3, -0.25) is 14.8 Å². The zero-order valence-electron chi connectivity index (χ0n) is 18.6. The van der Waals surface area contributed by atoms with Gasteiger partial charge in [-0.25, -0.2) is 0 Å². The number of rotatable bonds is 4. The van der Waals surface area contributed by atoms with Gasteiger partial charge in [0, 0.05) is 48.0 Å². The van der Waals surface area contributed by atoms with Gasteiger partial charge in [-0.05, 0) is 42.9 Å². The Hall–Kier alpha value is -2.64. The molecule has 2 N–H and O–H groups in total. The summed E-state index contributed by atoms with van der Waals surface area (Å²) in [5.74, 6) is 0.0945. The van der Waals surface area contributed by atoms with Crippen molar-refractivity contribution in [3.8, 4) is 11.4 Å². The molecule has 3 aromatic rings. The first kappa shape index (κ1) is 20.3. The van der Waals surface area contributed by atoms with Crippen LogP contribution in [0.4, 0.5) is 5.69 Å². The van der Waals surface area contributed by atoms with Gasteiger partial charge in [0.2, 0.25) is 5.91 Å². The summed E-state index contributed by atoms with van der Waals surface area (Å²) < 4.78 is 5.37. The van der Waals surface area contributed by atoms with Crippen molar-refractivity contribution in [2.24, 2.45) is 5.41 Å². The van der Waals surface area contributed by atoms with Crippen LogP contribution in [0.5, 0.6) is 0 Å². The molecule has 1 aliphatic heterocycles. The van der Waals surface area contributed by atoms with Gasteiger partial charge in [-0.15, -0.1) is 0 Å². The van der Waals surface area contributed by atoms with Crippen molar-refractivity contribution in [1.82, 2.24) is 20.1 Å². The van der Waals surface area contributed by atoms with E-state index in [1.54, 1.807) is 4.90 Å². The molecule has 164 valence electrons. The van der Waals surface area contributed by atoms with Crippen LogP contribution >= 0.6 is 0 Å². The van der Waals surface area contributed by atoms with E-state index >= 15 is 0 Å². The fraction of sp³-hybridized carbons (Fsp3) is 0.500. The van der Waals surface area contributed by atoms with Crippen molar-refractivity contribution in [3.05, 3.63) is 35.5 Å². The second-order valence-electron chi connectivity index (χ2n) is 9.67. The Morgan fingerprint density at radius 3 is 2.87 bits per heavy atom. The Morgan fingerprint density at radius 1 is 1.26 bits per heavy atom. The first-order valence-electron chi connectivity index (χ1n) is 11.2. The molecule has 0 bridgehead atoms. The Balaban J connectivity index is 1.37. The number of morpholine rings is 1. The molecule has 0 radical (unpaired) electrons. The van der Waals surface area contributed by atoms with E-state index in [9.17, 15) is 4.79 Å². The predicted molar refractivity (Wildman–Crippen MR) is 122 cm³/mol. The topological polar surface area (TPSA) is 77.2 Å². The van der Waals surface area contributed by atoms with E-state index in [0.717, 1.165) is 53.9 Å². The summed E-state index contributed by atoms with van der Waals surface area (Å²) in [7, 11) is 1.85. The van der Waals surface area contributed by atoms with Crippen molar-refractivity contribution in [2.75, 3.05) is 44.8 Å². The minimum absolute atomic E-state index is 0.0945. The van der Waals surface area contributed by atoms with Gasteiger partial charge >= 0.3 is 0 Å². The number of benzene rings is 1. The van der Waals surface area contributed by atoms with E-state index in [0.29, 0.717) is 25.2 Å². The molecule has 5 rings (SSSR count). The highest BCUT2D eigenvalue weighted by molar-refractivity contribution is 5.97. The number of nitrogens with one attached hydrogen (secondary N) is 2. The van der Waals surface area contributed by atoms with Gasteiger partial charge in [-0.2, -0.15) is 5.10 Å². The van der Waals surface area contributed by atoms with Crippen LogP contribution < -0.4 is 4.90 Å². The number of aromatic amines is 2. The van der Waals surface area contributed by atoms with E-state index in [1.165, 1.54) is 17.7 Å². The summed E-state index contributed by atoms with van der Waals surface area (Å²) in [5, 5.41) is 9.04. The number of carbonyl (C=O) groups excluding carboxylic acids is 1. The quantitative estimate of drug-likeness (QED) is 0.677. The number of fused-ring (bicyclic) bond motifs is 2. The molecule has 0 saturated carbocycles. The maximum atomic E-state index is 12.8. The molecule has 1 amide bonds. The van der Waals surface area contributed by atoms with Gasteiger partial charge in [0.15, 0.2) is 0 Å². The predicted octanol–water partition coefficient (Wildman–Crippen LogP) is 3.37. The zero-order chi connectivity index (χ0) is 21.6. The molecule has 2 aromatic heterocycles. The first-order chi connectivity index (χ1) is 14.9. The number of likely N-dealkylation sites (N-methyl/N-ethyl adjacent to an activating group) is 1. The number of hydrogen-bond acceptors (Lipinski definition) is 4. The van der Waals surface area contributed by atoms with E-state index in [4.69, 9.17) is 4.74 Å². The second kappa shape index (κ2) is 7.80. The van der Waals surface area contributed by atoms with Crippen LogP contribution in [0.3, 0.4) is 0 Å². The van der Waals surface area contributed by atoms with Crippen molar-refractivity contribution >= 4 is 22.5 Å². The van der Waals surface area contributed by atoms with Gasteiger partial charge in [0.05, 0.1) is 25.5 Å². The molecule has 31 heavy (non-hydrogen) atoms. The van der Waals surface area contributed by atoms with Crippen molar-refractivity contribution in [1.29, 1.82) is 0 Å². The second-order valence-corrected chi connectivity index (χ2v) is 9.67. The highest BCUT2D eigenvalue weighted by Gasteiger charge is 2.29. The highest BCUT2D eigenvalue weighted by atomic mass is 16.5. The maximum absolute atomic E-state index is 12.8. The fourth-order valence-corrected chi connectivity index (χ4v) is 4.72. The third-order valence-electron chi connectivity index (χ3n) is 6.75. The summed E-state index contributed by atoms with van der Waals surface area (Å²) in [6.07, 6.45) is 3.26. The molecule has 7 nitrogen and oxygen atoms in total. The summed E-state index contributed by atoms with van der Waals surface area (Å²) in [6.45, 7) is 8.07. The van der Waals surface area contributed by atoms with Crippen molar-refractivity contribution in [3.63, 3.8) is 0 Å². The van der Waals surface area contributed by atoms with Crippen LogP contribution in [0.15, 0.2) is 24.3 Å². The molecule has 0 spiro atoms. The molecule has 1 saturated heterocycles. The minimum atomic E-state index is 0.0945. The standard InChI is InChI=1S/C24H31N5O2/c1-24(2)7-6-18-21(14-24)26-27-23(18)20-12-16-4-5-17(13-19(16)25-20)28(3)22(30)15-29-8-10-31-11-9-29/h4-5,12-13,25H,6-11,14-15H2,1-3H3,(H,26,27). The smallest absolute Gasteiger partial charge is 0.240 e. The van der Waals surface area contributed by atoms with Gasteiger partial charge in [0.25, 0.3) is 0 Å². The molecule has 7 heteroatoms. The Kier molecular flexibility index (Phi) is 5.10. The fourth-order valence-electron chi connectivity index (χ4n) is 4.72. The number of aromatic nitrogens is 3. The third kappa shape index (κ3) is 4.00. The molecule has 0 unspecified atom stereocenters. The van der Waals surface area contributed by atoms with Crippen LogP contribution in [0.1, 0.15) is 31.5 Å². The molecule has 1 aliphatic carbocycles. The molecule has 2 aliphatic rings. The molecular formula is C24H31N5O2. The zero-order valence-corrected chi connectivity index (χ0v) is 18.6. The van der Waals surface area contributed by atoms with Crippen LogP contribution in [0.2, 0.25) is 0 Å². The van der Waals surface area contributed by atoms with Gasteiger partial charge in [0.1, 0.15) is 5.69 Å². The lowest BCUT2D eigenvalue weighted by atomic mass is 9.76. The van der Waals surface area contributed by atoms with E-state index in [2.05, 4.69) is 52.1 Å². The van der Waals surface area contributed by atoms with E-state index in [-0.39, 0.29) is 5.91 Å². The molecule has 1 aromatic carbocycles. The lowest BCUT2D eigenvalue weighted by molar-refractivity contribution is -0.120. The number of carbonyl (C=O) groups is 1. The third-order valence-corrected chi connectivity index (χ3v) is 6.75. The van der Waals surface area contributed by atoms with Gasteiger partial charge in [-0.1, -0.05) is 19.9 Å². The Labute approximate surface area is 182 Å². The molecular weight excluding hydrogens is 390 g/mol. The van der Waals surface area contributed by atoms with Crippen LogP contribution in [-0.2, 0) is 22.4 Å². The van der Waals surface area contributed by atoms with E-state index in [1.807, 2.05) is 13.1 Å². The monoisotopic (exact) mass is 421 g/mol. The maximum Gasteiger partial charge on any atom is 0.240 e. The highest BCUT2D eigenvalue weighted by Crippen LogP contribution is 2.38. The van der Waals surface area contributed by atoms with E-state index < -0.39 is 0 Å². The Bertz CT molecular complexity index is 1110. The van der Waals surface area contributed by atoms with Crippen LogP contribution in [-0.4, -0.2) is 65.9 Å². The SMILES string of the molecule is CN(C(=O)CN1CCOCC1)c1ccc2cc(-c3n[nH]c4c3CCC(C)(C)C4)[nH]c2c1. The lowest BCUT2D eigenvalue weighted by Gasteiger charge is -2.28. The number of amides is 1. The summed E-state index contributed by atoms with van der Waals surface area (Å²) in [4.78, 5) is 20.2. The lowest BCUT2D eigenvalue weighted by Crippen LogP contribution is -2.43. The summed E-state index contributed by atoms with van der Waals surface area (Å²) in [6, 6.07) is 8.30. The Morgan fingerprint density at radius 2 is 2.06 bits per heavy atom. The first-order valence-corrected chi connectivity index (χ1v) is 11.2. The average Bonchev–Trinajstić information content (AvgIpc) is 3.35. The largest absolute Gasteiger partial charge is 0.379 e.